The van der Waals surface area contributed by atoms with Gasteiger partial charge in [0.2, 0.25) is 0 Å². The van der Waals surface area contributed by atoms with Crippen molar-refractivity contribution in [2.24, 2.45) is 0 Å². The fraction of sp³-hybridized carbons (Fsp3) is 0.600. The minimum atomic E-state index is -0.392. The van der Waals surface area contributed by atoms with Crippen LogP contribution in [0.2, 0.25) is 0 Å². The Hall–Kier alpha value is -1.66. The monoisotopic (exact) mass is 294 g/mol. The number of rotatable bonds is 7. The van der Waals surface area contributed by atoms with E-state index in [-0.39, 0.29) is 23.9 Å². The highest BCUT2D eigenvalue weighted by Gasteiger charge is 2.43. The van der Waals surface area contributed by atoms with E-state index in [1.165, 1.54) is 0 Å². The normalized spacial score (nSPS) is 24.4. The molecule has 0 spiro atoms. The number of nitrogens with one attached hydrogen (secondary N) is 1. The van der Waals surface area contributed by atoms with Gasteiger partial charge >= 0.3 is 5.69 Å². The van der Waals surface area contributed by atoms with Crippen molar-refractivity contribution in [3.05, 3.63) is 33.9 Å². The van der Waals surface area contributed by atoms with Gasteiger partial charge in [-0.25, -0.2) is 0 Å². The summed E-state index contributed by atoms with van der Waals surface area (Å²) in [6, 6.07) is 5.38. The summed E-state index contributed by atoms with van der Waals surface area (Å²) in [7, 11) is 1.64. The molecule has 3 atom stereocenters. The average molecular weight is 294 g/mol. The van der Waals surface area contributed by atoms with Crippen molar-refractivity contribution < 1.29 is 14.4 Å². The number of ether oxygens (including phenoxy) is 2. The lowest BCUT2D eigenvalue weighted by atomic mass is 9.85. The van der Waals surface area contributed by atoms with Crippen LogP contribution in [0, 0.1) is 10.1 Å². The Balaban J connectivity index is 2.11. The summed E-state index contributed by atoms with van der Waals surface area (Å²) >= 11 is 0. The smallest absolute Gasteiger partial charge is 0.311 e. The second-order valence-corrected chi connectivity index (χ2v) is 5.17. The molecule has 1 saturated carbocycles. The maximum absolute atomic E-state index is 11.2. The number of nitrogens with zero attached hydrogens (tertiary/aromatic N) is 1. The second-order valence-electron chi connectivity index (χ2n) is 5.17. The van der Waals surface area contributed by atoms with E-state index in [9.17, 15) is 10.1 Å². The third kappa shape index (κ3) is 3.33. The van der Waals surface area contributed by atoms with Crippen molar-refractivity contribution >= 4 is 5.69 Å². The van der Waals surface area contributed by atoms with Gasteiger partial charge in [-0.3, -0.25) is 10.1 Å². The lowest BCUT2D eigenvalue weighted by molar-refractivity contribution is -0.386. The Morgan fingerprint density at radius 2 is 2.19 bits per heavy atom. The fourth-order valence-electron chi connectivity index (χ4n) is 2.66. The Morgan fingerprint density at radius 3 is 2.76 bits per heavy atom. The SMILES string of the molecule is CCNC1CC(Oc2ccc(CC)cc2[N+](=O)[O-])C1OC. The molecule has 0 saturated heterocycles. The molecule has 116 valence electrons. The molecule has 0 bridgehead atoms. The van der Waals surface area contributed by atoms with E-state index in [0.29, 0.717) is 5.75 Å². The Morgan fingerprint density at radius 1 is 1.43 bits per heavy atom. The zero-order valence-electron chi connectivity index (χ0n) is 12.7. The quantitative estimate of drug-likeness (QED) is 0.617. The third-order valence-electron chi connectivity index (χ3n) is 3.89. The Bertz CT molecular complexity index is 506. The van der Waals surface area contributed by atoms with Crippen molar-refractivity contribution in [1.82, 2.24) is 5.32 Å². The largest absolute Gasteiger partial charge is 0.481 e. The van der Waals surface area contributed by atoms with Crippen molar-refractivity contribution in [3.63, 3.8) is 0 Å². The number of aryl methyl sites for hydroxylation is 1. The third-order valence-corrected chi connectivity index (χ3v) is 3.89. The van der Waals surface area contributed by atoms with Crippen molar-refractivity contribution in [2.45, 2.75) is 44.9 Å². The molecule has 6 heteroatoms. The first-order valence-electron chi connectivity index (χ1n) is 7.30. The first-order valence-corrected chi connectivity index (χ1v) is 7.30. The van der Waals surface area contributed by atoms with Crippen LogP contribution in [-0.2, 0) is 11.2 Å². The molecule has 0 heterocycles. The summed E-state index contributed by atoms with van der Waals surface area (Å²) in [5, 5.41) is 14.5. The van der Waals surface area contributed by atoms with Crippen molar-refractivity contribution in [1.29, 1.82) is 0 Å². The topological polar surface area (TPSA) is 73.6 Å². The van der Waals surface area contributed by atoms with E-state index >= 15 is 0 Å². The predicted molar refractivity (Wildman–Crippen MR) is 79.8 cm³/mol. The number of benzene rings is 1. The van der Waals surface area contributed by atoms with E-state index in [0.717, 1.165) is 24.9 Å². The van der Waals surface area contributed by atoms with Gasteiger partial charge in [-0.1, -0.05) is 19.9 Å². The van der Waals surface area contributed by atoms with Gasteiger partial charge in [0.1, 0.15) is 12.2 Å². The molecule has 1 aromatic rings. The van der Waals surface area contributed by atoms with Crippen LogP contribution in [0.1, 0.15) is 25.8 Å². The van der Waals surface area contributed by atoms with Crippen LogP contribution < -0.4 is 10.1 Å². The first kappa shape index (κ1) is 15.7. The molecule has 0 radical (unpaired) electrons. The van der Waals surface area contributed by atoms with Crippen LogP contribution in [0.3, 0.4) is 0 Å². The number of nitro groups is 1. The standard InChI is InChI=1S/C15H22N2O4/c1-4-10-6-7-13(12(8-10)17(18)19)21-14-9-11(16-5-2)15(14)20-3/h6-8,11,14-16H,4-5,9H2,1-3H3. The lowest BCUT2D eigenvalue weighted by Gasteiger charge is -2.43. The highest BCUT2D eigenvalue weighted by Crippen LogP contribution is 2.34. The molecule has 3 unspecified atom stereocenters. The molecule has 1 aromatic carbocycles. The van der Waals surface area contributed by atoms with E-state index in [4.69, 9.17) is 9.47 Å². The molecule has 2 rings (SSSR count). The van der Waals surface area contributed by atoms with E-state index in [1.54, 1.807) is 19.2 Å². The maximum Gasteiger partial charge on any atom is 0.311 e. The van der Waals surface area contributed by atoms with Gasteiger partial charge in [-0.2, -0.15) is 0 Å². The van der Waals surface area contributed by atoms with Gasteiger partial charge in [0.25, 0.3) is 0 Å². The highest BCUT2D eigenvalue weighted by atomic mass is 16.6. The average Bonchev–Trinajstić information content (AvgIpc) is 2.46. The number of likely N-dealkylation sites (N-methyl/N-ethyl adjacent to an activating group) is 1. The van der Waals surface area contributed by atoms with Gasteiger partial charge in [-0.15, -0.1) is 0 Å². The van der Waals surface area contributed by atoms with Crippen LogP contribution in [-0.4, -0.2) is 36.8 Å². The van der Waals surface area contributed by atoms with Crippen LogP contribution in [0.4, 0.5) is 5.69 Å². The molecule has 0 amide bonds. The van der Waals surface area contributed by atoms with Crippen LogP contribution in [0.5, 0.6) is 5.75 Å². The molecule has 0 aliphatic heterocycles. The number of hydrogen-bond donors (Lipinski definition) is 1. The van der Waals surface area contributed by atoms with Crippen molar-refractivity contribution in [2.75, 3.05) is 13.7 Å². The molecule has 1 aliphatic rings. The summed E-state index contributed by atoms with van der Waals surface area (Å²) in [4.78, 5) is 10.8. The van der Waals surface area contributed by atoms with E-state index in [1.807, 2.05) is 19.9 Å². The zero-order chi connectivity index (χ0) is 15.4. The molecule has 1 fully saturated rings. The summed E-state index contributed by atoms with van der Waals surface area (Å²) < 4.78 is 11.2. The highest BCUT2D eigenvalue weighted by molar-refractivity contribution is 5.49. The van der Waals surface area contributed by atoms with Gasteiger partial charge in [-0.05, 0) is 24.6 Å². The van der Waals surface area contributed by atoms with E-state index < -0.39 is 4.92 Å². The molecular weight excluding hydrogens is 272 g/mol. The van der Waals surface area contributed by atoms with E-state index in [2.05, 4.69) is 5.32 Å². The zero-order valence-corrected chi connectivity index (χ0v) is 12.7. The summed E-state index contributed by atoms with van der Waals surface area (Å²) in [5.74, 6) is 0.319. The van der Waals surface area contributed by atoms with Gasteiger partial charge in [0.05, 0.1) is 4.92 Å². The molecule has 1 N–H and O–H groups in total. The summed E-state index contributed by atoms with van der Waals surface area (Å²) in [6.07, 6.45) is 1.33. The Labute approximate surface area is 124 Å². The minimum absolute atomic E-state index is 0.0242. The van der Waals surface area contributed by atoms with Crippen LogP contribution in [0.25, 0.3) is 0 Å². The minimum Gasteiger partial charge on any atom is -0.481 e. The molecule has 21 heavy (non-hydrogen) atoms. The molecular formula is C15H22N2O4. The number of methoxy groups -OCH3 is 1. The van der Waals surface area contributed by atoms with Gasteiger partial charge in [0, 0.05) is 25.6 Å². The Kier molecular flexibility index (Phi) is 5.14. The van der Waals surface area contributed by atoms with Crippen LogP contribution in [0.15, 0.2) is 18.2 Å². The second kappa shape index (κ2) is 6.87. The fourth-order valence-corrected chi connectivity index (χ4v) is 2.66. The van der Waals surface area contributed by atoms with Gasteiger partial charge < -0.3 is 14.8 Å². The molecule has 0 aromatic heterocycles. The summed E-state index contributed by atoms with van der Waals surface area (Å²) in [6.45, 7) is 4.87. The van der Waals surface area contributed by atoms with Crippen LogP contribution >= 0.6 is 0 Å². The first-order chi connectivity index (χ1) is 10.1. The van der Waals surface area contributed by atoms with Gasteiger partial charge in [0.15, 0.2) is 5.75 Å². The number of nitro benzene ring substituents is 1. The van der Waals surface area contributed by atoms with Crippen molar-refractivity contribution in [3.8, 4) is 5.75 Å². The predicted octanol–water partition coefficient (Wildman–Crippen LogP) is 2.30. The number of hydrogen-bond acceptors (Lipinski definition) is 5. The lowest BCUT2D eigenvalue weighted by Crippen LogP contribution is -2.60. The molecule has 1 aliphatic carbocycles. The molecule has 6 nitrogen and oxygen atoms in total. The maximum atomic E-state index is 11.2. The summed E-state index contributed by atoms with van der Waals surface area (Å²) in [5.41, 5.74) is 0.951.